The van der Waals surface area contributed by atoms with Gasteiger partial charge in [-0.15, -0.1) is 0 Å². The number of halogens is 1. The lowest BCUT2D eigenvalue weighted by atomic mass is 10.3. The number of furan rings is 1. The van der Waals surface area contributed by atoms with Gasteiger partial charge in [0.05, 0.1) is 12.9 Å². The quantitative estimate of drug-likeness (QED) is 0.909. The van der Waals surface area contributed by atoms with E-state index in [0.717, 1.165) is 5.76 Å². The third-order valence-electron chi connectivity index (χ3n) is 2.78. The summed E-state index contributed by atoms with van der Waals surface area (Å²) in [6.45, 7) is 3.07. The number of hydrogen-bond donors (Lipinski definition) is 1. The van der Waals surface area contributed by atoms with Crippen molar-refractivity contribution in [3.8, 4) is 0 Å². The Morgan fingerprint density at radius 2 is 2.40 bits per heavy atom. The molecule has 2 rings (SSSR count). The van der Waals surface area contributed by atoms with Crippen molar-refractivity contribution in [2.45, 2.75) is 26.1 Å². The Bertz CT molecular complexity index is 552. The van der Waals surface area contributed by atoms with Crippen molar-refractivity contribution in [3.05, 3.63) is 41.3 Å². The van der Waals surface area contributed by atoms with E-state index in [-0.39, 0.29) is 12.1 Å². The zero-order chi connectivity index (χ0) is 14.5. The number of urea groups is 1. The van der Waals surface area contributed by atoms with Crippen LogP contribution in [0.5, 0.6) is 0 Å². The normalized spacial score (nSPS) is 12.2. The molecule has 0 saturated carbocycles. The summed E-state index contributed by atoms with van der Waals surface area (Å²) in [5.74, 6) is 0.733. The van der Waals surface area contributed by atoms with E-state index in [0.29, 0.717) is 17.8 Å². The second-order valence-electron chi connectivity index (χ2n) is 4.67. The monoisotopic (exact) mass is 340 g/mol. The fourth-order valence-corrected chi connectivity index (χ4v) is 2.16. The summed E-state index contributed by atoms with van der Waals surface area (Å²) < 4.78 is 7.96. The van der Waals surface area contributed by atoms with Crippen LogP contribution in [-0.4, -0.2) is 33.6 Å². The maximum atomic E-state index is 12.0. The van der Waals surface area contributed by atoms with Crippen LogP contribution in [0, 0.1) is 0 Å². The Morgan fingerprint density at radius 1 is 1.60 bits per heavy atom. The zero-order valence-corrected chi connectivity index (χ0v) is 13.0. The number of carbonyl (C=O) groups excluding carboxylic acids is 1. The molecule has 6 nitrogen and oxygen atoms in total. The number of imidazole rings is 1. The fraction of sp³-hybridized carbons (Fsp3) is 0.385. The highest BCUT2D eigenvalue weighted by Crippen LogP contribution is 2.15. The third kappa shape index (κ3) is 4.12. The molecule has 0 fully saturated rings. The lowest BCUT2D eigenvalue weighted by Gasteiger charge is -2.20. The second kappa shape index (κ2) is 6.60. The molecule has 0 radical (unpaired) electrons. The Balaban J connectivity index is 1.81. The second-order valence-corrected chi connectivity index (χ2v) is 5.45. The van der Waals surface area contributed by atoms with Gasteiger partial charge in [0.1, 0.15) is 5.76 Å². The number of nitrogens with zero attached hydrogens (tertiary/aromatic N) is 3. The van der Waals surface area contributed by atoms with Gasteiger partial charge >= 0.3 is 6.03 Å². The van der Waals surface area contributed by atoms with Crippen LogP contribution < -0.4 is 5.32 Å². The highest BCUT2D eigenvalue weighted by Gasteiger charge is 2.14. The summed E-state index contributed by atoms with van der Waals surface area (Å²) in [5.41, 5.74) is 0. The molecule has 0 unspecified atom stereocenters. The molecular weight excluding hydrogens is 324 g/mol. The Hall–Kier alpha value is -1.76. The molecule has 2 aromatic rings. The summed E-state index contributed by atoms with van der Waals surface area (Å²) in [6, 6.07) is 3.53. The fourth-order valence-electron chi connectivity index (χ4n) is 1.82. The van der Waals surface area contributed by atoms with E-state index < -0.39 is 0 Å². The van der Waals surface area contributed by atoms with Gasteiger partial charge in [-0.3, -0.25) is 0 Å². The first kappa shape index (κ1) is 14.6. The SMILES string of the molecule is C[C@@H](Cn1ccnc1)NC(=O)N(C)Cc1ccc(Br)o1. The van der Waals surface area contributed by atoms with Crippen molar-refractivity contribution in [2.24, 2.45) is 0 Å². The molecule has 0 aliphatic heterocycles. The smallest absolute Gasteiger partial charge is 0.317 e. The zero-order valence-electron chi connectivity index (χ0n) is 11.4. The lowest BCUT2D eigenvalue weighted by Crippen LogP contribution is -2.43. The lowest BCUT2D eigenvalue weighted by molar-refractivity contribution is 0.198. The highest BCUT2D eigenvalue weighted by atomic mass is 79.9. The van der Waals surface area contributed by atoms with Gasteiger partial charge in [-0.2, -0.15) is 0 Å². The van der Waals surface area contributed by atoms with Crippen molar-refractivity contribution >= 4 is 22.0 Å². The van der Waals surface area contributed by atoms with Crippen LogP contribution >= 0.6 is 15.9 Å². The number of carbonyl (C=O) groups is 1. The minimum Gasteiger partial charge on any atom is -0.452 e. The van der Waals surface area contributed by atoms with Gasteiger partial charge < -0.3 is 19.2 Å². The maximum absolute atomic E-state index is 12.0. The summed E-state index contributed by atoms with van der Waals surface area (Å²) in [5, 5.41) is 2.93. The van der Waals surface area contributed by atoms with E-state index in [1.54, 1.807) is 24.5 Å². The van der Waals surface area contributed by atoms with Crippen LogP contribution in [0.2, 0.25) is 0 Å². The van der Waals surface area contributed by atoms with Crippen molar-refractivity contribution in [1.82, 2.24) is 19.8 Å². The number of nitrogens with one attached hydrogen (secondary N) is 1. The van der Waals surface area contributed by atoms with Crippen LogP contribution in [0.1, 0.15) is 12.7 Å². The van der Waals surface area contributed by atoms with Crippen molar-refractivity contribution < 1.29 is 9.21 Å². The van der Waals surface area contributed by atoms with Crippen LogP contribution in [-0.2, 0) is 13.1 Å². The minimum absolute atomic E-state index is 0.0162. The molecular formula is C13H17BrN4O2. The summed E-state index contributed by atoms with van der Waals surface area (Å²) in [6.07, 6.45) is 5.31. The van der Waals surface area contributed by atoms with Crippen molar-refractivity contribution in [3.63, 3.8) is 0 Å². The molecule has 0 aliphatic carbocycles. The van der Waals surface area contributed by atoms with Crippen LogP contribution in [0.25, 0.3) is 0 Å². The predicted molar refractivity (Wildman–Crippen MR) is 78.1 cm³/mol. The largest absolute Gasteiger partial charge is 0.452 e. The third-order valence-corrected chi connectivity index (χ3v) is 3.21. The van der Waals surface area contributed by atoms with E-state index in [1.807, 2.05) is 29.8 Å². The van der Waals surface area contributed by atoms with Crippen LogP contribution in [0.3, 0.4) is 0 Å². The van der Waals surface area contributed by atoms with Gasteiger partial charge in [0.25, 0.3) is 0 Å². The topological polar surface area (TPSA) is 63.3 Å². The average molecular weight is 341 g/mol. The molecule has 0 bridgehead atoms. The summed E-state index contributed by atoms with van der Waals surface area (Å²) in [7, 11) is 1.73. The Kier molecular flexibility index (Phi) is 4.84. The van der Waals surface area contributed by atoms with Gasteiger partial charge in [0.2, 0.25) is 0 Å². The molecule has 2 aromatic heterocycles. The summed E-state index contributed by atoms with van der Waals surface area (Å²) >= 11 is 3.24. The molecule has 2 heterocycles. The van der Waals surface area contributed by atoms with Crippen LogP contribution in [0.15, 0.2) is 39.9 Å². The van der Waals surface area contributed by atoms with E-state index in [1.165, 1.54) is 0 Å². The minimum atomic E-state index is -0.134. The molecule has 0 aliphatic rings. The van der Waals surface area contributed by atoms with E-state index in [2.05, 4.69) is 26.2 Å². The standard InChI is InChI=1S/C13H17BrN4O2/c1-10(7-18-6-5-15-9-18)16-13(19)17(2)8-11-3-4-12(14)20-11/h3-6,9-10H,7-8H2,1-2H3,(H,16,19)/t10-/m0/s1. The van der Waals surface area contributed by atoms with Gasteiger partial charge in [-0.05, 0) is 35.0 Å². The van der Waals surface area contributed by atoms with E-state index in [9.17, 15) is 4.79 Å². The van der Waals surface area contributed by atoms with Crippen LogP contribution in [0.4, 0.5) is 4.79 Å². The van der Waals surface area contributed by atoms with E-state index in [4.69, 9.17) is 4.42 Å². The maximum Gasteiger partial charge on any atom is 0.317 e. The molecule has 108 valence electrons. The number of rotatable bonds is 5. The number of amides is 2. The first-order valence-corrected chi connectivity index (χ1v) is 7.05. The molecule has 1 N–H and O–H groups in total. The van der Waals surface area contributed by atoms with Crippen molar-refractivity contribution in [1.29, 1.82) is 0 Å². The molecule has 2 amide bonds. The van der Waals surface area contributed by atoms with E-state index >= 15 is 0 Å². The molecule has 1 atom stereocenters. The Labute approximate surface area is 125 Å². The number of hydrogen-bond acceptors (Lipinski definition) is 3. The molecule has 0 spiro atoms. The van der Waals surface area contributed by atoms with Gasteiger partial charge in [0, 0.05) is 32.0 Å². The molecule has 0 saturated heterocycles. The van der Waals surface area contributed by atoms with Crippen molar-refractivity contribution in [2.75, 3.05) is 7.05 Å². The Morgan fingerprint density at radius 3 is 3.00 bits per heavy atom. The first-order valence-electron chi connectivity index (χ1n) is 6.26. The molecule has 20 heavy (non-hydrogen) atoms. The van der Waals surface area contributed by atoms with Gasteiger partial charge in [-0.1, -0.05) is 0 Å². The first-order chi connectivity index (χ1) is 9.54. The number of aromatic nitrogens is 2. The predicted octanol–water partition coefficient (Wildman–Crippen LogP) is 2.47. The highest BCUT2D eigenvalue weighted by molar-refractivity contribution is 9.10. The summed E-state index contributed by atoms with van der Waals surface area (Å²) in [4.78, 5) is 17.6. The van der Waals surface area contributed by atoms with Gasteiger partial charge in [-0.25, -0.2) is 9.78 Å². The molecule has 7 heteroatoms. The van der Waals surface area contributed by atoms with Gasteiger partial charge in [0.15, 0.2) is 4.67 Å². The molecule has 0 aromatic carbocycles. The average Bonchev–Trinajstić information content (AvgIpc) is 3.01.